The third-order valence-electron chi connectivity index (χ3n) is 2.36. The fourth-order valence-electron chi connectivity index (χ4n) is 1.40. The Morgan fingerprint density at radius 3 is 2.44 bits per heavy atom. The summed E-state index contributed by atoms with van der Waals surface area (Å²) in [6, 6.07) is 0. The lowest BCUT2D eigenvalue weighted by molar-refractivity contribution is -0.118. The van der Waals surface area contributed by atoms with Crippen molar-refractivity contribution in [1.29, 1.82) is 0 Å². The van der Waals surface area contributed by atoms with E-state index in [1.165, 1.54) is 12.3 Å². The Labute approximate surface area is 108 Å². The maximum Gasteiger partial charge on any atom is 0.217 e. The van der Waals surface area contributed by atoms with Crippen LogP contribution in [0.5, 0.6) is 0 Å². The molecule has 0 aromatic heterocycles. The highest BCUT2D eigenvalue weighted by Gasteiger charge is 2.05. The number of allylic oxidation sites excluding steroid dienone is 4. The van der Waals surface area contributed by atoms with Gasteiger partial charge in [-0.05, 0) is 25.0 Å². The zero-order chi connectivity index (χ0) is 13.8. The number of hydrogen-bond donors (Lipinski definition) is 1. The van der Waals surface area contributed by atoms with Gasteiger partial charge in [0.1, 0.15) is 0 Å². The van der Waals surface area contributed by atoms with Crippen molar-refractivity contribution in [2.45, 2.75) is 32.1 Å². The molecule has 0 aliphatic heterocycles. The van der Waals surface area contributed by atoms with Crippen molar-refractivity contribution >= 4 is 11.7 Å². The minimum absolute atomic E-state index is 0.0461. The fraction of sp³-hybridized carbons (Fsp3) is 0.429. The van der Waals surface area contributed by atoms with Crippen LogP contribution in [0.4, 0.5) is 0 Å². The van der Waals surface area contributed by atoms with Crippen molar-refractivity contribution in [2.75, 3.05) is 7.11 Å². The van der Waals surface area contributed by atoms with Crippen molar-refractivity contribution in [3.63, 3.8) is 0 Å². The molecule has 100 valence electrons. The SMILES string of the molecule is C=C/C(=C\C=C\OC)C(=O)CCCCCC(N)=O. The van der Waals surface area contributed by atoms with Crippen LogP contribution in [0, 0.1) is 0 Å². The molecule has 0 aromatic carbocycles. The summed E-state index contributed by atoms with van der Waals surface area (Å²) in [5.74, 6) is -0.248. The first kappa shape index (κ1) is 16.2. The zero-order valence-electron chi connectivity index (χ0n) is 10.9. The summed E-state index contributed by atoms with van der Waals surface area (Å²) >= 11 is 0. The Morgan fingerprint density at radius 2 is 1.89 bits per heavy atom. The number of carbonyl (C=O) groups is 2. The van der Waals surface area contributed by atoms with E-state index >= 15 is 0 Å². The number of amides is 1. The molecule has 4 heteroatoms. The first-order valence-electron chi connectivity index (χ1n) is 5.95. The van der Waals surface area contributed by atoms with Gasteiger partial charge >= 0.3 is 0 Å². The van der Waals surface area contributed by atoms with E-state index < -0.39 is 0 Å². The number of ketones is 1. The molecule has 0 bridgehead atoms. The van der Waals surface area contributed by atoms with Crippen molar-refractivity contribution < 1.29 is 14.3 Å². The number of methoxy groups -OCH3 is 1. The smallest absolute Gasteiger partial charge is 0.217 e. The number of hydrogen-bond acceptors (Lipinski definition) is 3. The number of primary amides is 1. The monoisotopic (exact) mass is 251 g/mol. The molecule has 0 aliphatic rings. The molecule has 0 rings (SSSR count). The van der Waals surface area contributed by atoms with E-state index in [4.69, 9.17) is 10.5 Å². The molecule has 0 saturated carbocycles. The fourth-order valence-corrected chi connectivity index (χ4v) is 1.40. The van der Waals surface area contributed by atoms with Gasteiger partial charge in [-0.2, -0.15) is 0 Å². The highest BCUT2D eigenvalue weighted by atomic mass is 16.5. The van der Waals surface area contributed by atoms with Gasteiger partial charge in [-0.25, -0.2) is 0 Å². The van der Waals surface area contributed by atoms with Crippen molar-refractivity contribution in [2.24, 2.45) is 5.73 Å². The summed E-state index contributed by atoms with van der Waals surface area (Å²) in [4.78, 5) is 22.3. The second-order valence-electron chi connectivity index (χ2n) is 3.84. The van der Waals surface area contributed by atoms with Gasteiger partial charge in [0.05, 0.1) is 13.4 Å². The molecule has 0 heterocycles. The maximum absolute atomic E-state index is 11.8. The lowest BCUT2D eigenvalue weighted by Gasteiger charge is -2.01. The quantitative estimate of drug-likeness (QED) is 0.280. The first-order valence-corrected chi connectivity index (χ1v) is 5.95. The summed E-state index contributed by atoms with van der Waals surface area (Å²) in [6.45, 7) is 3.60. The number of nitrogens with two attached hydrogens (primary N) is 1. The van der Waals surface area contributed by atoms with Gasteiger partial charge < -0.3 is 10.5 Å². The highest BCUT2D eigenvalue weighted by molar-refractivity contribution is 5.98. The van der Waals surface area contributed by atoms with E-state index in [1.54, 1.807) is 19.3 Å². The van der Waals surface area contributed by atoms with Crippen LogP contribution in [0.15, 0.2) is 36.6 Å². The Bertz CT molecular complexity index is 343. The molecule has 0 aromatic rings. The van der Waals surface area contributed by atoms with Crippen LogP contribution in [-0.4, -0.2) is 18.8 Å². The van der Waals surface area contributed by atoms with Gasteiger partial charge in [-0.3, -0.25) is 9.59 Å². The van der Waals surface area contributed by atoms with Crippen LogP contribution in [0.25, 0.3) is 0 Å². The summed E-state index contributed by atoms with van der Waals surface area (Å²) in [5, 5.41) is 0. The Kier molecular flexibility index (Phi) is 9.27. The zero-order valence-corrected chi connectivity index (χ0v) is 10.9. The third-order valence-corrected chi connectivity index (χ3v) is 2.36. The first-order chi connectivity index (χ1) is 8.61. The summed E-state index contributed by atoms with van der Waals surface area (Å²) < 4.78 is 4.74. The van der Waals surface area contributed by atoms with Crippen LogP contribution in [-0.2, 0) is 14.3 Å². The maximum atomic E-state index is 11.8. The number of carbonyl (C=O) groups excluding carboxylic acids is 2. The van der Waals surface area contributed by atoms with Crippen molar-refractivity contribution in [3.8, 4) is 0 Å². The summed E-state index contributed by atoms with van der Waals surface area (Å²) in [7, 11) is 1.54. The van der Waals surface area contributed by atoms with Gasteiger partial charge in [-0.15, -0.1) is 0 Å². The number of Topliss-reactive ketones (excluding diaryl/α,β-unsaturated/α-hetero) is 1. The van der Waals surface area contributed by atoms with Crippen LogP contribution in [0.3, 0.4) is 0 Å². The van der Waals surface area contributed by atoms with Crippen LogP contribution in [0.1, 0.15) is 32.1 Å². The second kappa shape index (κ2) is 10.3. The normalized spacial score (nSPS) is 11.5. The molecule has 0 saturated heterocycles. The molecular weight excluding hydrogens is 230 g/mol. The van der Waals surface area contributed by atoms with Crippen LogP contribution in [0.2, 0.25) is 0 Å². The predicted molar refractivity (Wildman–Crippen MR) is 71.7 cm³/mol. The molecule has 1 amide bonds. The van der Waals surface area contributed by atoms with Gasteiger partial charge in [0.2, 0.25) is 5.91 Å². The number of unbranched alkanes of at least 4 members (excludes halogenated alkanes) is 2. The van der Waals surface area contributed by atoms with Crippen molar-refractivity contribution in [3.05, 3.63) is 36.6 Å². The van der Waals surface area contributed by atoms with Gasteiger partial charge in [0, 0.05) is 18.4 Å². The van der Waals surface area contributed by atoms with Gasteiger partial charge in [0.15, 0.2) is 5.78 Å². The molecule has 18 heavy (non-hydrogen) atoms. The standard InChI is InChI=1S/C14H21NO3/c1-3-12(8-7-11-18-2)13(16)9-5-4-6-10-14(15)17/h3,7-8,11H,1,4-6,9-10H2,2H3,(H2,15,17)/b11-7+,12-8+. The van der Waals surface area contributed by atoms with Crippen molar-refractivity contribution in [1.82, 2.24) is 0 Å². The predicted octanol–water partition coefficient (Wildman–Crippen LogP) is 2.26. The lowest BCUT2D eigenvalue weighted by atomic mass is 10.0. The lowest BCUT2D eigenvalue weighted by Crippen LogP contribution is -2.09. The second-order valence-corrected chi connectivity index (χ2v) is 3.84. The molecular formula is C14H21NO3. The topological polar surface area (TPSA) is 69.4 Å². The largest absolute Gasteiger partial charge is 0.504 e. The Balaban J connectivity index is 3.98. The number of ether oxygens (including phenoxy) is 1. The van der Waals surface area contributed by atoms with Crippen LogP contribution < -0.4 is 5.73 Å². The average Bonchev–Trinajstić information content (AvgIpc) is 2.33. The summed E-state index contributed by atoms with van der Waals surface area (Å²) in [5.41, 5.74) is 5.59. The molecule has 0 spiro atoms. The Hall–Kier alpha value is -1.84. The van der Waals surface area contributed by atoms with Gasteiger partial charge in [-0.1, -0.05) is 19.1 Å². The molecule has 0 unspecified atom stereocenters. The van der Waals surface area contributed by atoms with E-state index in [2.05, 4.69) is 6.58 Å². The molecule has 0 radical (unpaired) electrons. The van der Waals surface area contributed by atoms with E-state index in [0.717, 1.165) is 19.3 Å². The molecule has 2 N–H and O–H groups in total. The van der Waals surface area contributed by atoms with Gasteiger partial charge in [0.25, 0.3) is 0 Å². The molecule has 0 aliphatic carbocycles. The van der Waals surface area contributed by atoms with E-state index in [-0.39, 0.29) is 11.7 Å². The van der Waals surface area contributed by atoms with Crippen LogP contribution >= 0.6 is 0 Å². The average molecular weight is 251 g/mol. The van der Waals surface area contributed by atoms with E-state index in [1.807, 2.05) is 0 Å². The molecule has 0 fully saturated rings. The number of rotatable bonds is 10. The van der Waals surface area contributed by atoms with E-state index in [9.17, 15) is 9.59 Å². The van der Waals surface area contributed by atoms with E-state index in [0.29, 0.717) is 18.4 Å². The minimum atomic E-state index is -0.294. The minimum Gasteiger partial charge on any atom is -0.504 e. The summed E-state index contributed by atoms with van der Waals surface area (Å²) in [6.07, 6.45) is 9.50. The third kappa shape index (κ3) is 8.33. The molecule has 0 atom stereocenters. The molecule has 4 nitrogen and oxygen atoms in total. The highest BCUT2D eigenvalue weighted by Crippen LogP contribution is 2.08. The Morgan fingerprint density at radius 1 is 1.22 bits per heavy atom.